The molecule has 1 aliphatic carbocycles. The van der Waals surface area contributed by atoms with E-state index in [0.29, 0.717) is 50.7 Å². The summed E-state index contributed by atoms with van der Waals surface area (Å²) >= 11 is 0. The van der Waals surface area contributed by atoms with E-state index in [1.807, 2.05) is 31.2 Å². The van der Waals surface area contributed by atoms with Gasteiger partial charge in [0.15, 0.2) is 6.10 Å². The second kappa shape index (κ2) is 12.3. The van der Waals surface area contributed by atoms with Crippen molar-refractivity contribution in [1.29, 1.82) is 0 Å². The minimum atomic E-state index is -4.29. The van der Waals surface area contributed by atoms with Gasteiger partial charge in [0, 0.05) is 45.2 Å². The van der Waals surface area contributed by atoms with Crippen molar-refractivity contribution in [2.24, 2.45) is 11.8 Å². The SMILES string of the molecule is CCOC(=O)[C@H](Cc1ccc(OCCNC2[C@H]3CN(Cc4ccc(C(F)(F)F)cc4)C[C@@H]23)cc1)OCC. The molecule has 1 heterocycles. The molecule has 0 radical (unpaired) electrons. The molecule has 1 aliphatic heterocycles. The van der Waals surface area contributed by atoms with E-state index in [-0.39, 0.29) is 5.97 Å². The summed E-state index contributed by atoms with van der Waals surface area (Å²) in [6.07, 6.45) is -4.45. The van der Waals surface area contributed by atoms with E-state index >= 15 is 0 Å². The molecule has 9 heteroatoms. The molecule has 2 aliphatic rings. The Balaban J connectivity index is 1.12. The predicted molar refractivity (Wildman–Crippen MR) is 133 cm³/mol. The first-order valence-electron chi connectivity index (χ1n) is 12.9. The largest absolute Gasteiger partial charge is 0.492 e. The summed E-state index contributed by atoms with van der Waals surface area (Å²) in [5.74, 6) is 1.61. The van der Waals surface area contributed by atoms with Crippen LogP contribution in [0.5, 0.6) is 5.75 Å². The lowest BCUT2D eigenvalue weighted by molar-refractivity contribution is -0.156. The van der Waals surface area contributed by atoms with Crippen LogP contribution in [0.4, 0.5) is 13.2 Å². The molecule has 0 amide bonds. The maximum atomic E-state index is 12.7. The van der Waals surface area contributed by atoms with E-state index in [9.17, 15) is 18.0 Å². The average Bonchev–Trinajstić information content (AvgIpc) is 3.32. The second-order valence-corrected chi connectivity index (χ2v) is 9.59. The molecule has 0 bridgehead atoms. The Bertz CT molecular complexity index is 1000. The van der Waals surface area contributed by atoms with Gasteiger partial charge >= 0.3 is 12.1 Å². The van der Waals surface area contributed by atoms with Crippen molar-refractivity contribution in [3.8, 4) is 5.75 Å². The van der Waals surface area contributed by atoms with Crippen molar-refractivity contribution >= 4 is 5.97 Å². The Morgan fingerprint density at radius 2 is 1.65 bits per heavy atom. The zero-order chi connectivity index (χ0) is 26.4. The number of halogens is 3. The highest BCUT2D eigenvalue weighted by Gasteiger charge is 2.55. The third-order valence-electron chi connectivity index (χ3n) is 6.97. The molecule has 2 fully saturated rings. The summed E-state index contributed by atoms with van der Waals surface area (Å²) in [7, 11) is 0. The molecule has 1 saturated carbocycles. The zero-order valence-corrected chi connectivity index (χ0v) is 21.3. The Morgan fingerprint density at radius 3 is 2.24 bits per heavy atom. The van der Waals surface area contributed by atoms with Crippen LogP contribution < -0.4 is 10.1 Å². The highest BCUT2D eigenvalue weighted by atomic mass is 19.4. The number of alkyl halides is 3. The standard InChI is InChI=1S/C28H35F3N2O4/c1-3-35-25(27(34)36-4-2)15-19-7-11-22(12-8-19)37-14-13-32-26-23-17-33(18-24(23)26)16-20-5-9-21(10-6-20)28(29,30)31/h5-12,23-26,32H,3-4,13-18H2,1-2H3/t23-,24+,25-,26?/m0/s1. The van der Waals surface area contributed by atoms with Gasteiger partial charge in [0.25, 0.3) is 0 Å². The van der Waals surface area contributed by atoms with Crippen molar-refractivity contribution in [3.63, 3.8) is 0 Å². The van der Waals surface area contributed by atoms with Crippen LogP contribution in [0.25, 0.3) is 0 Å². The van der Waals surface area contributed by atoms with Gasteiger partial charge in [-0.25, -0.2) is 4.79 Å². The first-order valence-corrected chi connectivity index (χ1v) is 12.9. The van der Waals surface area contributed by atoms with Crippen LogP contribution in [-0.4, -0.2) is 62.5 Å². The Hall–Kier alpha value is -2.62. The van der Waals surface area contributed by atoms with Crippen molar-refractivity contribution in [3.05, 3.63) is 65.2 Å². The van der Waals surface area contributed by atoms with Gasteiger partial charge in [-0.3, -0.25) is 4.90 Å². The molecular weight excluding hydrogens is 485 g/mol. The number of piperidine rings is 1. The monoisotopic (exact) mass is 520 g/mol. The van der Waals surface area contributed by atoms with Crippen LogP contribution in [0.3, 0.4) is 0 Å². The molecule has 2 aromatic rings. The summed E-state index contributed by atoms with van der Waals surface area (Å²) in [6.45, 7) is 8.29. The Labute approximate surface area is 216 Å². The van der Waals surface area contributed by atoms with Crippen LogP contribution in [0.2, 0.25) is 0 Å². The van der Waals surface area contributed by atoms with Gasteiger partial charge in [-0.1, -0.05) is 24.3 Å². The summed E-state index contributed by atoms with van der Waals surface area (Å²) in [5, 5.41) is 3.57. The molecule has 1 saturated heterocycles. The van der Waals surface area contributed by atoms with E-state index in [0.717, 1.165) is 48.6 Å². The summed E-state index contributed by atoms with van der Waals surface area (Å²) in [6, 6.07) is 13.6. The first kappa shape index (κ1) is 27.4. The highest BCUT2D eigenvalue weighted by Crippen LogP contribution is 2.45. The maximum absolute atomic E-state index is 12.7. The number of esters is 1. The van der Waals surface area contributed by atoms with E-state index < -0.39 is 17.8 Å². The van der Waals surface area contributed by atoms with Crippen molar-refractivity contribution in [2.75, 3.05) is 39.5 Å². The summed E-state index contributed by atoms with van der Waals surface area (Å²) in [5.41, 5.74) is 1.28. The number of rotatable bonds is 13. The van der Waals surface area contributed by atoms with Crippen LogP contribution in [0.1, 0.15) is 30.5 Å². The Kier molecular flexibility index (Phi) is 9.10. The molecular formula is C28H35F3N2O4. The number of ether oxygens (including phenoxy) is 3. The number of hydrogen-bond acceptors (Lipinski definition) is 6. The number of carbonyl (C=O) groups excluding carboxylic acids is 1. The van der Waals surface area contributed by atoms with Gasteiger partial charge in [-0.15, -0.1) is 0 Å². The minimum absolute atomic E-state index is 0.326. The lowest BCUT2D eigenvalue weighted by Gasteiger charge is -2.20. The Morgan fingerprint density at radius 1 is 1.00 bits per heavy atom. The fourth-order valence-electron chi connectivity index (χ4n) is 5.08. The maximum Gasteiger partial charge on any atom is 0.416 e. The van der Waals surface area contributed by atoms with Gasteiger partial charge in [-0.05, 0) is 61.1 Å². The number of benzene rings is 2. The molecule has 0 aromatic heterocycles. The lowest BCUT2D eigenvalue weighted by atomic mass is 10.1. The lowest BCUT2D eigenvalue weighted by Crippen LogP contribution is -2.33. The summed E-state index contributed by atoms with van der Waals surface area (Å²) < 4.78 is 54.7. The van der Waals surface area contributed by atoms with E-state index in [1.165, 1.54) is 0 Å². The minimum Gasteiger partial charge on any atom is -0.492 e. The van der Waals surface area contributed by atoms with Gasteiger partial charge in [0.2, 0.25) is 0 Å². The molecule has 4 atom stereocenters. The normalized spacial score (nSPS) is 21.9. The van der Waals surface area contributed by atoms with Crippen LogP contribution in [0.15, 0.2) is 48.5 Å². The quantitative estimate of drug-likeness (QED) is 0.314. The molecule has 4 rings (SSSR count). The fourth-order valence-corrected chi connectivity index (χ4v) is 5.08. The summed E-state index contributed by atoms with van der Waals surface area (Å²) in [4.78, 5) is 14.3. The molecule has 1 unspecified atom stereocenters. The smallest absolute Gasteiger partial charge is 0.416 e. The number of carbonyl (C=O) groups is 1. The number of nitrogens with zero attached hydrogens (tertiary/aromatic N) is 1. The highest BCUT2D eigenvalue weighted by molar-refractivity contribution is 5.75. The van der Waals surface area contributed by atoms with E-state index in [4.69, 9.17) is 14.2 Å². The van der Waals surface area contributed by atoms with Crippen LogP contribution in [0, 0.1) is 11.8 Å². The topological polar surface area (TPSA) is 60.0 Å². The van der Waals surface area contributed by atoms with E-state index in [1.54, 1.807) is 19.1 Å². The number of fused-ring (bicyclic) bond motifs is 1. The number of nitrogens with one attached hydrogen (secondary N) is 1. The van der Waals surface area contributed by atoms with Crippen LogP contribution in [-0.2, 0) is 33.4 Å². The zero-order valence-electron chi connectivity index (χ0n) is 21.3. The molecule has 1 N–H and O–H groups in total. The van der Waals surface area contributed by atoms with Crippen molar-refractivity contribution < 1.29 is 32.2 Å². The fraction of sp³-hybridized carbons (Fsp3) is 0.536. The predicted octanol–water partition coefficient (Wildman–Crippen LogP) is 4.31. The van der Waals surface area contributed by atoms with E-state index in [2.05, 4.69) is 10.2 Å². The molecule has 0 spiro atoms. The van der Waals surface area contributed by atoms with Gasteiger partial charge in [0.1, 0.15) is 12.4 Å². The second-order valence-electron chi connectivity index (χ2n) is 9.59. The van der Waals surface area contributed by atoms with Gasteiger partial charge in [0.05, 0.1) is 12.2 Å². The number of likely N-dealkylation sites (tertiary alicyclic amines) is 1. The third-order valence-corrected chi connectivity index (χ3v) is 6.97. The average molecular weight is 521 g/mol. The molecule has 202 valence electrons. The molecule has 37 heavy (non-hydrogen) atoms. The van der Waals surface area contributed by atoms with Crippen molar-refractivity contribution in [2.45, 2.75) is 45.1 Å². The first-order chi connectivity index (χ1) is 17.8. The number of hydrogen-bond donors (Lipinski definition) is 1. The molecule has 2 aromatic carbocycles. The van der Waals surface area contributed by atoms with Gasteiger partial charge < -0.3 is 19.5 Å². The van der Waals surface area contributed by atoms with Crippen LogP contribution >= 0.6 is 0 Å². The van der Waals surface area contributed by atoms with Crippen molar-refractivity contribution in [1.82, 2.24) is 10.2 Å². The third kappa shape index (κ3) is 7.46. The van der Waals surface area contributed by atoms with Gasteiger partial charge in [-0.2, -0.15) is 13.2 Å². The molecule has 6 nitrogen and oxygen atoms in total.